The minimum Gasteiger partial charge on any atom is -1.00 e. The summed E-state index contributed by atoms with van der Waals surface area (Å²) in [5.41, 5.74) is 17.6. The number of aromatic nitrogens is 5. The molecule has 0 aromatic carbocycles. The summed E-state index contributed by atoms with van der Waals surface area (Å²) >= 11 is 0. The van der Waals surface area contributed by atoms with Crippen molar-refractivity contribution >= 4 is 33.4 Å². The molecule has 0 bridgehead atoms. The van der Waals surface area contributed by atoms with Crippen LogP contribution in [-0.4, -0.2) is 24.9 Å². The Bertz CT molecular complexity index is 2190. The molecule has 5 nitrogen and oxygen atoms in total. The minimum atomic E-state index is 0. The maximum atomic E-state index is 3.72. The average Bonchev–Trinajstić information content (AvgIpc) is 3.90. The fourth-order valence-electron chi connectivity index (χ4n) is 7.27. The summed E-state index contributed by atoms with van der Waals surface area (Å²) in [5.74, 6) is 2.65. The van der Waals surface area contributed by atoms with Gasteiger partial charge in [0.2, 0.25) is 0 Å². The van der Waals surface area contributed by atoms with Gasteiger partial charge in [-0.3, -0.25) is 0 Å². The van der Waals surface area contributed by atoms with Gasteiger partial charge in [0.25, 0.3) is 0 Å². The van der Waals surface area contributed by atoms with Crippen LogP contribution in [0.2, 0.25) is 0 Å². The van der Waals surface area contributed by atoms with Gasteiger partial charge in [-0.2, -0.15) is 0 Å². The lowest BCUT2D eigenvalue weighted by atomic mass is 10.0. The van der Waals surface area contributed by atoms with Crippen molar-refractivity contribution in [3.8, 4) is 0 Å². The smallest absolute Gasteiger partial charge is 0.153 e. The second-order valence-electron chi connectivity index (χ2n) is 13.2. The van der Waals surface area contributed by atoms with Gasteiger partial charge in [0.05, 0.1) is 71.0 Å². The Morgan fingerprint density at radius 3 is 1.22 bits per heavy atom. The Labute approximate surface area is 299 Å². The lowest BCUT2D eigenvalue weighted by molar-refractivity contribution is -0.001000. The highest BCUT2D eigenvalue weighted by molar-refractivity contribution is 5.86. The molecular weight excluding hydrogens is 645 g/mol. The Kier molecular flexibility index (Phi) is 8.66. The molecule has 0 unspecified atom stereocenters. The van der Waals surface area contributed by atoms with Crippen molar-refractivity contribution in [2.24, 2.45) is 0 Å². The number of rotatable bonds is 6. The Hall–Kier alpha value is -5.10. The Morgan fingerprint density at radius 1 is 0.449 bits per heavy atom. The van der Waals surface area contributed by atoms with Crippen molar-refractivity contribution in [3.63, 3.8) is 0 Å². The molecule has 4 aliphatic rings. The largest absolute Gasteiger partial charge is 1.00 e. The molecule has 0 saturated carbocycles. The monoisotopic (exact) mass is 681 g/mol. The first-order valence-corrected chi connectivity index (χ1v) is 16.5. The van der Waals surface area contributed by atoms with Crippen molar-refractivity contribution in [2.45, 2.75) is 39.5 Å². The zero-order valence-corrected chi connectivity index (χ0v) is 29.0. The first-order valence-electron chi connectivity index (χ1n) is 16.5. The molecule has 0 saturated heterocycles. The van der Waals surface area contributed by atoms with E-state index in [1.54, 1.807) is 0 Å². The van der Waals surface area contributed by atoms with E-state index in [9.17, 15) is 0 Å². The maximum absolute atomic E-state index is 3.72. The van der Waals surface area contributed by atoms with E-state index in [1.165, 1.54) is 102 Å². The van der Waals surface area contributed by atoms with Crippen LogP contribution in [0.1, 0.15) is 71.2 Å². The third-order valence-electron chi connectivity index (χ3n) is 9.96. The molecule has 244 valence electrons. The average molecular weight is 683 g/mol. The first kappa shape index (κ1) is 32.4. The van der Waals surface area contributed by atoms with Crippen LogP contribution in [0.15, 0.2) is 109 Å². The predicted octanol–water partition coefficient (Wildman–Crippen LogP) is 2.16. The molecule has 7 heteroatoms. The Morgan fingerprint density at radius 2 is 0.837 bits per heavy atom. The van der Waals surface area contributed by atoms with Gasteiger partial charge < -0.3 is 49.7 Å². The highest BCUT2D eigenvalue weighted by Gasteiger charge is 2.28. The summed E-state index contributed by atoms with van der Waals surface area (Å²) in [5, 5.41) is 2.38. The SMILES string of the molecule is Cc1ccc(C2=CC=C(c3ccc([C+]4C=C/C(=c5/cc/c(=C6/C=C[C+](c7ccc(C8=CC=C(c9ccc(C)[nH]9)C8)[nH]7)C6)[nH]5)C4)[nH]3)C2)[nH]1.[Cl-].[Cl-]. The van der Waals surface area contributed by atoms with Crippen molar-refractivity contribution < 1.29 is 24.8 Å². The highest BCUT2D eigenvalue weighted by atomic mass is 35.5. The molecule has 49 heavy (non-hydrogen) atoms. The van der Waals surface area contributed by atoms with Crippen LogP contribution >= 0.6 is 0 Å². The molecule has 5 heterocycles. The van der Waals surface area contributed by atoms with Gasteiger partial charge in [-0.05, 0) is 72.5 Å². The third-order valence-corrected chi connectivity index (χ3v) is 9.96. The molecular formula is C42H37Cl2N5. The van der Waals surface area contributed by atoms with Crippen LogP contribution in [0.4, 0.5) is 0 Å². The molecule has 0 aliphatic heterocycles. The van der Waals surface area contributed by atoms with Crippen LogP contribution in [0.5, 0.6) is 0 Å². The summed E-state index contributed by atoms with van der Waals surface area (Å²) in [7, 11) is 0. The topological polar surface area (TPSA) is 78.9 Å². The first-order chi connectivity index (χ1) is 23.0. The number of halogens is 2. The zero-order valence-electron chi connectivity index (χ0n) is 27.5. The summed E-state index contributed by atoms with van der Waals surface area (Å²) in [6.07, 6.45) is 21.7. The molecule has 9 rings (SSSR count). The van der Waals surface area contributed by atoms with E-state index in [0.717, 1.165) is 25.7 Å². The number of nitrogens with one attached hydrogen (secondary N) is 5. The van der Waals surface area contributed by atoms with Crippen molar-refractivity contribution in [3.05, 3.63) is 177 Å². The Balaban J connectivity index is 0.00000189. The molecule has 0 amide bonds. The minimum absolute atomic E-state index is 0. The molecule has 5 aromatic rings. The van der Waals surface area contributed by atoms with E-state index in [1.807, 2.05) is 0 Å². The summed E-state index contributed by atoms with van der Waals surface area (Å²) in [4.78, 5) is 18.0. The van der Waals surface area contributed by atoms with E-state index < -0.39 is 0 Å². The summed E-state index contributed by atoms with van der Waals surface area (Å²) < 4.78 is 0. The number of aryl methyl sites for hydroxylation is 2. The van der Waals surface area contributed by atoms with E-state index in [2.05, 4.69) is 148 Å². The normalized spacial score (nSPS) is 18.9. The van der Waals surface area contributed by atoms with Gasteiger partial charge in [0.15, 0.2) is 11.4 Å². The summed E-state index contributed by atoms with van der Waals surface area (Å²) in [6, 6.07) is 22.0. The van der Waals surface area contributed by atoms with Gasteiger partial charge in [-0.1, -0.05) is 24.3 Å². The number of hydrogen-bond acceptors (Lipinski definition) is 0. The van der Waals surface area contributed by atoms with Gasteiger partial charge in [0.1, 0.15) is 0 Å². The van der Waals surface area contributed by atoms with Gasteiger partial charge >= 0.3 is 0 Å². The van der Waals surface area contributed by atoms with Crippen LogP contribution in [0.25, 0.3) is 33.4 Å². The lowest BCUT2D eigenvalue weighted by Crippen LogP contribution is -3.00. The van der Waals surface area contributed by atoms with E-state index in [-0.39, 0.29) is 24.8 Å². The quantitative estimate of drug-likeness (QED) is 0.171. The third kappa shape index (κ3) is 6.16. The molecule has 5 N–H and O–H groups in total. The van der Waals surface area contributed by atoms with Crippen molar-refractivity contribution in [1.29, 1.82) is 0 Å². The van der Waals surface area contributed by atoms with Crippen LogP contribution in [0, 0.1) is 25.7 Å². The van der Waals surface area contributed by atoms with Gasteiger partial charge in [-0.25, -0.2) is 0 Å². The predicted molar refractivity (Wildman–Crippen MR) is 193 cm³/mol. The van der Waals surface area contributed by atoms with E-state index in [4.69, 9.17) is 0 Å². The molecule has 0 spiro atoms. The van der Waals surface area contributed by atoms with Gasteiger partial charge in [-0.15, -0.1) is 0 Å². The van der Waals surface area contributed by atoms with Gasteiger partial charge in [0, 0.05) is 71.0 Å². The van der Waals surface area contributed by atoms with Crippen LogP contribution < -0.4 is 35.5 Å². The fraction of sp³-hybridized carbons (Fsp3) is 0.143. The zero-order chi connectivity index (χ0) is 31.5. The number of H-pyrrole nitrogens is 5. The van der Waals surface area contributed by atoms with Crippen LogP contribution in [0.3, 0.4) is 0 Å². The molecule has 0 atom stereocenters. The number of hydrogen-bond donors (Lipinski definition) is 5. The van der Waals surface area contributed by atoms with Crippen molar-refractivity contribution in [2.75, 3.05) is 0 Å². The molecule has 4 aliphatic carbocycles. The number of aromatic amines is 5. The standard InChI is InChI=1S/C42H37N5.2ClH/c1-25-3-13-35(43-25)27-5-7-29(21-27)37-15-17-39(45-37)31-9-11-33(23-31)41-19-20-42(47-41)34-12-10-32(24-34)40-18-16-38(46-40)30-8-6-28(22-30)36-14-4-26(2)44-36;;/h3-20,43-47H,21-24H2,1-2H3;2*1H/q+2;;/p-2/b41-33+,42-34+;;. The van der Waals surface area contributed by atoms with Crippen molar-refractivity contribution in [1.82, 2.24) is 24.9 Å². The van der Waals surface area contributed by atoms with E-state index >= 15 is 0 Å². The maximum Gasteiger partial charge on any atom is 0.153 e. The second-order valence-corrected chi connectivity index (χ2v) is 13.2. The highest BCUT2D eigenvalue weighted by Crippen LogP contribution is 2.37. The van der Waals surface area contributed by atoms with E-state index in [0.29, 0.717) is 0 Å². The second kappa shape index (κ2) is 13.1. The molecule has 0 radical (unpaired) electrons. The summed E-state index contributed by atoms with van der Waals surface area (Å²) in [6.45, 7) is 4.20. The lowest BCUT2D eigenvalue weighted by Gasteiger charge is -2.03. The number of allylic oxidation sites excluding steroid dienone is 12. The fourth-order valence-corrected chi connectivity index (χ4v) is 7.27. The molecule has 0 fully saturated rings. The molecule has 5 aromatic heterocycles. The van der Waals surface area contributed by atoms with Crippen LogP contribution in [-0.2, 0) is 0 Å².